The lowest BCUT2D eigenvalue weighted by atomic mass is 9.92. The molecule has 0 amide bonds. The topological polar surface area (TPSA) is 22.0 Å². The monoisotopic (exact) mass is 357 g/mol. The normalized spacial score (nSPS) is 10.4. The molecule has 0 aliphatic rings. The Hall–Kier alpha value is -1.57. The number of aromatic nitrogens is 1. The molecule has 0 N–H and O–H groups in total. The van der Waals surface area contributed by atoms with E-state index in [2.05, 4.69) is 65.7 Å². The summed E-state index contributed by atoms with van der Waals surface area (Å²) >= 11 is 3.44. The van der Waals surface area contributed by atoms with Crippen LogP contribution in [0.3, 0.4) is 0 Å². The maximum atomic E-state index is 12.6. The highest BCUT2D eigenvalue weighted by Crippen LogP contribution is 2.33. The zero-order valence-electron chi connectivity index (χ0n) is 14.6. The molecule has 1 unspecified atom stereocenters. The van der Waals surface area contributed by atoms with Crippen molar-refractivity contribution >= 4 is 31.5 Å². The Labute approximate surface area is 151 Å². The van der Waals surface area contributed by atoms with Crippen molar-refractivity contribution in [1.82, 2.24) is 4.57 Å². The van der Waals surface area contributed by atoms with Gasteiger partial charge in [-0.15, -0.1) is 0 Å². The molecule has 0 radical (unpaired) electrons. The first-order valence-corrected chi connectivity index (χ1v) is 10.0. The number of thiol groups is 1. The van der Waals surface area contributed by atoms with Crippen LogP contribution in [0.25, 0.3) is 21.9 Å². The summed E-state index contributed by atoms with van der Waals surface area (Å²) < 4.78 is 1.80. The van der Waals surface area contributed by atoms with Gasteiger partial charge in [-0.3, -0.25) is 4.79 Å². The van der Waals surface area contributed by atoms with Crippen molar-refractivity contribution in [2.45, 2.75) is 27.2 Å². The highest BCUT2D eigenvalue weighted by atomic mass is 32.7. The molecular formula is C20H24NOPS. The number of benzene rings is 2. The van der Waals surface area contributed by atoms with Crippen molar-refractivity contribution in [1.29, 1.82) is 0 Å². The smallest absolute Gasteiger partial charge is 0.258 e. The van der Waals surface area contributed by atoms with Crippen LogP contribution in [-0.2, 0) is 13.5 Å². The molecule has 126 valence electrons. The van der Waals surface area contributed by atoms with Crippen LogP contribution in [0, 0.1) is 13.8 Å². The molecule has 1 heterocycles. The molecule has 3 aromatic rings. The third-order valence-electron chi connectivity index (χ3n) is 4.41. The summed E-state index contributed by atoms with van der Waals surface area (Å²) in [6.07, 6.45) is 0.833. The second-order valence-corrected chi connectivity index (χ2v) is 5.90. The van der Waals surface area contributed by atoms with Crippen LogP contribution in [0.5, 0.6) is 0 Å². The van der Waals surface area contributed by atoms with E-state index in [0.29, 0.717) is 0 Å². The molecule has 0 saturated heterocycles. The minimum atomic E-state index is 0.0842. The van der Waals surface area contributed by atoms with Crippen LogP contribution in [0.2, 0.25) is 0 Å². The summed E-state index contributed by atoms with van der Waals surface area (Å²) in [5.41, 5.74) is 6.09. The SMILES string of the molecule is CCc1c(-c2ccc(C)cc2C)c2ccccc2c(=O)n1C.PS. The molecule has 0 aliphatic carbocycles. The van der Waals surface area contributed by atoms with Gasteiger partial charge in [0.25, 0.3) is 5.56 Å². The van der Waals surface area contributed by atoms with E-state index in [0.717, 1.165) is 22.9 Å². The number of hydrogen-bond donors (Lipinski definition) is 1. The molecule has 24 heavy (non-hydrogen) atoms. The van der Waals surface area contributed by atoms with E-state index in [4.69, 9.17) is 0 Å². The van der Waals surface area contributed by atoms with Gasteiger partial charge < -0.3 is 4.57 Å². The van der Waals surface area contributed by atoms with Crippen molar-refractivity contribution in [2.75, 3.05) is 0 Å². The number of aryl methyl sites for hydroxylation is 2. The van der Waals surface area contributed by atoms with Crippen LogP contribution >= 0.6 is 20.7 Å². The van der Waals surface area contributed by atoms with E-state index in [1.165, 1.54) is 22.3 Å². The van der Waals surface area contributed by atoms with Crippen LogP contribution in [-0.4, -0.2) is 4.57 Å². The zero-order valence-corrected chi connectivity index (χ0v) is 16.7. The fourth-order valence-electron chi connectivity index (χ4n) is 3.32. The maximum Gasteiger partial charge on any atom is 0.258 e. The van der Waals surface area contributed by atoms with Crippen molar-refractivity contribution in [3.8, 4) is 11.1 Å². The molecule has 0 spiro atoms. The molecule has 0 fully saturated rings. The maximum absolute atomic E-state index is 12.6. The van der Waals surface area contributed by atoms with Crippen LogP contribution in [0.15, 0.2) is 47.3 Å². The predicted octanol–water partition coefficient (Wildman–Crippen LogP) is 5.09. The number of nitrogens with zero attached hydrogens (tertiary/aromatic N) is 1. The van der Waals surface area contributed by atoms with Crippen LogP contribution < -0.4 is 5.56 Å². The van der Waals surface area contributed by atoms with Gasteiger partial charge in [0.1, 0.15) is 0 Å². The lowest BCUT2D eigenvalue weighted by Gasteiger charge is -2.18. The molecule has 1 aromatic heterocycles. The summed E-state index contributed by atoms with van der Waals surface area (Å²) in [5.74, 6) is 0. The first kappa shape index (κ1) is 18.8. The van der Waals surface area contributed by atoms with Gasteiger partial charge in [-0.2, -0.15) is 12.2 Å². The average molecular weight is 357 g/mol. The van der Waals surface area contributed by atoms with Gasteiger partial charge in [-0.1, -0.05) is 57.3 Å². The van der Waals surface area contributed by atoms with Crippen molar-refractivity contribution in [2.24, 2.45) is 7.05 Å². The highest BCUT2D eigenvalue weighted by molar-refractivity contribution is 8.31. The summed E-state index contributed by atoms with van der Waals surface area (Å²) in [6, 6.07) is 14.4. The summed E-state index contributed by atoms with van der Waals surface area (Å²) in [4.78, 5) is 12.6. The quantitative estimate of drug-likeness (QED) is 0.501. The van der Waals surface area contributed by atoms with Gasteiger partial charge >= 0.3 is 0 Å². The number of rotatable bonds is 2. The fraction of sp³-hybridized carbons (Fsp3) is 0.250. The van der Waals surface area contributed by atoms with Crippen LogP contribution in [0.1, 0.15) is 23.7 Å². The van der Waals surface area contributed by atoms with E-state index < -0.39 is 0 Å². The molecule has 1 atom stereocenters. The van der Waals surface area contributed by atoms with Gasteiger partial charge in [0.05, 0.1) is 0 Å². The third kappa shape index (κ3) is 3.29. The lowest BCUT2D eigenvalue weighted by Crippen LogP contribution is -2.21. The largest absolute Gasteiger partial charge is 0.315 e. The molecule has 0 saturated carbocycles. The molecule has 0 bridgehead atoms. The molecule has 4 heteroatoms. The van der Waals surface area contributed by atoms with E-state index >= 15 is 0 Å². The Morgan fingerprint density at radius 1 is 1.04 bits per heavy atom. The average Bonchev–Trinajstić information content (AvgIpc) is 2.60. The Balaban J connectivity index is 0.00000100. The molecule has 3 rings (SSSR count). The minimum Gasteiger partial charge on any atom is -0.315 e. The standard InChI is InChI=1S/C20H21NO.H3PS/c1-5-18-19(15-11-10-13(2)12-14(15)3)16-8-6-7-9-17(16)20(22)21(18)4;1-2/h6-12H,5H2,1-4H3;2H,1H2. The van der Waals surface area contributed by atoms with E-state index in [1.54, 1.807) is 4.57 Å². The Morgan fingerprint density at radius 3 is 2.25 bits per heavy atom. The predicted molar refractivity (Wildman–Crippen MR) is 112 cm³/mol. The molecule has 2 nitrogen and oxygen atoms in total. The molecule has 0 aliphatic heterocycles. The Kier molecular flexibility index (Phi) is 6.26. The first-order valence-electron chi connectivity index (χ1n) is 7.98. The summed E-state index contributed by atoms with van der Waals surface area (Å²) in [6.45, 7) is 6.36. The van der Waals surface area contributed by atoms with Gasteiger partial charge in [0, 0.05) is 23.7 Å². The second kappa shape index (κ2) is 8.00. The lowest BCUT2D eigenvalue weighted by molar-refractivity contribution is 0.795. The molecule has 2 aromatic carbocycles. The van der Waals surface area contributed by atoms with E-state index in [9.17, 15) is 4.79 Å². The zero-order chi connectivity index (χ0) is 17.9. The summed E-state index contributed by atoms with van der Waals surface area (Å²) in [5, 5.41) is 1.84. The number of pyridine rings is 1. The summed E-state index contributed by atoms with van der Waals surface area (Å²) in [7, 11) is 3.99. The first-order chi connectivity index (χ1) is 11.5. The number of fused-ring (bicyclic) bond motifs is 1. The van der Waals surface area contributed by atoms with Gasteiger partial charge in [-0.05, 0) is 42.8 Å². The fourth-order valence-corrected chi connectivity index (χ4v) is 3.32. The van der Waals surface area contributed by atoms with Crippen molar-refractivity contribution in [3.05, 3.63) is 69.6 Å². The van der Waals surface area contributed by atoms with Gasteiger partial charge in [0.15, 0.2) is 0 Å². The molecular weight excluding hydrogens is 333 g/mol. The Bertz CT molecular complexity index is 931. The highest BCUT2D eigenvalue weighted by Gasteiger charge is 2.16. The minimum absolute atomic E-state index is 0.0842. The Morgan fingerprint density at radius 2 is 1.67 bits per heavy atom. The van der Waals surface area contributed by atoms with Crippen LogP contribution in [0.4, 0.5) is 0 Å². The van der Waals surface area contributed by atoms with E-state index in [-0.39, 0.29) is 5.56 Å². The van der Waals surface area contributed by atoms with Crippen molar-refractivity contribution < 1.29 is 0 Å². The van der Waals surface area contributed by atoms with E-state index in [1.807, 2.05) is 25.2 Å². The van der Waals surface area contributed by atoms with Gasteiger partial charge in [0.2, 0.25) is 0 Å². The third-order valence-corrected chi connectivity index (χ3v) is 4.41. The second-order valence-electron chi connectivity index (χ2n) is 5.90. The van der Waals surface area contributed by atoms with Crippen molar-refractivity contribution in [3.63, 3.8) is 0 Å². The van der Waals surface area contributed by atoms with Gasteiger partial charge in [-0.25, -0.2) is 0 Å². The number of hydrogen-bond acceptors (Lipinski definition) is 2.